The molecular weight excluding hydrogens is 392 g/mol. The summed E-state index contributed by atoms with van der Waals surface area (Å²) in [6.45, 7) is 3.24. The molecule has 0 radical (unpaired) electrons. The van der Waals surface area contributed by atoms with E-state index >= 15 is 0 Å². The lowest BCUT2D eigenvalue weighted by atomic mass is 9.74. The van der Waals surface area contributed by atoms with Gasteiger partial charge in [-0.1, -0.05) is 54.1 Å². The highest BCUT2D eigenvalue weighted by Crippen LogP contribution is 2.34. The predicted molar refractivity (Wildman–Crippen MR) is 121 cm³/mol. The number of nitriles is 1. The van der Waals surface area contributed by atoms with Crippen LogP contribution in [0.4, 0.5) is 0 Å². The number of piperidine rings is 1. The summed E-state index contributed by atoms with van der Waals surface area (Å²) in [4.78, 5) is 0. The van der Waals surface area contributed by atoms with Crippen molar-refractivity contribution in [1.82, 2.24) is 5.32 Å². The van der Waals surface area contributed by atoms with Gasteiger partial charge >= 0.3 is 0 Å². The van der Waals surface area contributed by atoms with Crippen LogP contribution in [0.2, 0.25) is 5.02 Å². The number of halogens is 1. The molecule has 1 saturated heterocycles. The number of hydrogen-bond donors (Lipinski definition) is 1. The van der Waals surface area contributed by atoms with E-state index in [1.165, 1.54) is 5.56 Å². The molecule has 0 aliphatic carbocycles. The molecule has 4 rings (SSSR count). The summed E-state index contributed by atoms with van der Waals surface area (Å²) in [5.74, 6) is 0. The van der Waals surface area contributed by atoms with Crippen molar-refractivity contribution in [2.24, 2.45) is 0 Å². The molecule has 1 aliphatic heterocycles. The third-order valence-corrected chi connectivity index (χ3v) is 6.12. The highest BCUT2D eigenvalue weighted by molar-refractivity contribution is 6.31. The van der Waals surface area contributed by atoms with Crippen LogP contribution in [-0.4, -0.2) is 19.7 Å². The maximum atomic E-state index is 9.00. The van der Waals surface area contributed by atoms with Crippen molar-refractivity contribution in [1.29, 1.82) is 5.26 Å². The zero-order valence-corrected chi connectivity index (χ0v) is 17.7. The van der Waals surface area contributed by atoms with Crippen molar-refractivity contribution in [2.45, 2.75) is 24.9 Å². The van der Waals surface area contributed by atoms with Gasteiger partial charge in [-0.3, -0.25) is 0 Å². The summed E-state index contributed by atoms with van der Waals surface area (Å²) >= 11 is 6.39. The molecule has 0 bridgehead atoms. The van der Waals surface area contributed by atoms with E-state index in [0.717, 1.165) is 42.6 Å². The van der Waals surface area contributed by atoms with Crippen LogP contribution >= 0.6 is 11.6 Å². The number of nitrogens with zero attached hydrogens (tertiary/aromatic N) is 1. The average molecular weight is 417 g/mol. The molecule has 0 spiro atoms. The maximum absolute atomic E-state index is 9.00. The van der Waals surface area contributed by atoms with E-state index in [0.29, 0.717) is 23.8 Å². The van der Waals surface area contributed by atoms with E-state index in [2.05, 4.69) is 47.8 Å². The quantitative estimate of drug-likeness (QED) is 0.559. The third kappa shape index (κ3) is 4.74. The normalized spacial score (nSPS) is 15.5. The maximum Gasteiger partial charge on any atom is 0.0991 e. The van der Waals surface area contributed by atoms with Gasteiger partial charge in [0, 0.05) is 10.4 Å². The highest BCUT2D eigenvalue weighted by Gasteiger charge is 2.34. The second-order valence-corrected chi connectivity index (χ2v) is 8.36. The molecule has 3 aromatic carbocycles. The molecule has 3 aromatic rings. The molecule has 0 amide bonds. The molecule has 1 heterocycles. The Bertz CT molecular complexity index is 1020. The number of hydrogen-bond acceptors (Lipinski definition) is 3. The molecular formula is C26H25ClN2O. The van der Waals surface area contributed by atoms with Crippen molar-refractivity contribution in [3.05, 3.63) is 94.5 Å². The largest absolute Gasteiger partial charge is 0.376 e. The Kier molecular flexibility index (Phi) is 6.50. The van der Waals surface area contributed by atoms with Gasteiger partial charge < -0.3 is 10.1 Å². The second-order valence-electron chi connectivity index (χ2n) is 7.93. The van der Waals surface area contributed by atoms with Gasteiger partial charge in [0.2, 0.25) is 0 Å². The van der Waals surface area contributed by atoms with Crippen molar-refractivity contribution in [2.75, 3.05) is 19.7 Å². The standard InChI is InChI=1S/C26H25ClN2O/c27-25-15-21(14-23(16-25)22-8-6-20(17-28)7-9-22)18-30-19-26(10-12-29-13-11-26)24-4-2-1-3-5-24/h1-9,14-16,29H,10-13,18-19H2. The number of ether oxygens (including phenoxy) is 1. The van der Waals surface area contributed by atoms with Gasteiger partial charge in [0.05, 0.1) is 24.8 Å². The van der Waals surface area contributed by atoms with Gasteiger partial charge in [0.25, 0.3) is 0 Å². The SMILES string of the molecule is N#Cc1ccc(-c2cc(Cl)cc(COCC3(c4ccccc4)CCNCC3)c2)cc1. The van der Waals surface area contributed by atoms with Gasteiger partial charge in [-0.2, -0.15) is 5.26 Å². The highest BCUT2D eigenvalue weighted by atomic mass is 35.5. The molecule has 4 heteroatoms. The van der Waals surface area contributed by atoms with Gasteiger partial charge in [0.15, 0.2) is 0 Å². The monoisotopic (exact) mass is 416 g/mol. The zero-order chi connectivity index (χ0) is 20.8. The summed E-state index contributed by atoms with van der Waals surface area (Å²) in [7, 11) is 0. The molecule has 0 saturated carbocycles. The van der Waals surface area contributed by atoms with Crippen molar-refractivity contribution >= 4 is 11.6 Å². The van der Waals surface area contributed by atoms with Gasteiger partial charge in [-0.05, 0) is 78.5 Å². The first kappa shape index (κ1) is 20.6. The smallest absolute Gasteiger partial charge is 0.0991 e. The first-order valence-corrected chi connectivity index (χ1v) is 10.7. The summed E-state index contributed by atoms with van der Waals surface area (Å²) in [5.41, 5.74) is 5.19. The van der Waals surface area contributed by atoms with E-state index in [-0.39, 0.29) is 5.41 Å². The van der Waals surface area contributed by atoms with E-state index in [1.54, 1.807) is 0 Å². The van der Waals surface area contributed by atoms with E-state index in [9.17, 15) is 0 Å². The molecule has 0 aromatic heterocycles. The molecule has 30 heavy (non-hydrogen) atoms. The number of benzene rings is 3. The summed E-state index contributed by atoms with van der Waals surface area (Å²) in [5, 5.41) is 13.2. The lowest BCUT2D eigenvalue weighted by Crippen LogP contribution is -2.43. The Labute approximate surface area is 183 Å². The van der Waals surface area contributed by atoms with Crippen LogP contribution in [0, 0.1) is 11.3 Å². The minimum absolute atomic E-state index is 0.0566. The predicted octanol–water partition coefficient (Wildman–Crippen LogP) is 5.72. The fourth-order valence-electron chi connectivity index (χ4n) is 4.22. The summed E-state index contributed by atoms with van der Waals surface area (Å²) in [6.07, 6.45) is 2.14. The molecule has 1 N–H and O–H groups in total. The zero-order valence-electron chi connectivity index (χ0n) is 16.9. The second kappa shape index (κ2) is 9.45. The Morgan fingerprint density at radius 1 is 0.933 bits per heavy atom. The van der Waals surface area contributed by atoms with Crippen molar-refractivity contribution in [3.8, 4) is 17.2 Å². The minimum atomic E-state index is 0.0566. The fourth-order valence-corrected chi connectivity index (χ4v) is 4.47. The molecule has 0 atom stereocenters. The van der Waals surface area contributed by atoms with E-state index < -0.39 is 0 Å². The summed E-state index contributed by atoms with van der Waals surface area (Å²) < 4.78 is 6.27. The van der Waals surface area contributed by atoms with Crippen LogP contribution in [0.25, 0.3) is 11.1 Å². The molecule has 1 aliphatic rings. The van der Waals surface area contributed by atoms with Gasteiger partial charge in [-0.25, -0.2) is 0 Å². The van der Waals surface area contributed by atoms with Crippen LogP contribution in [0.15, 0.2) is 72.8 Å². The molecule has 152 valence electrons. The lowest BCUT2D eigenvalue weighted by Gasteiger charge is -2.38. The Balaban J connectivity index is 1.49. The molecule has 3 nitrogen and oxygen atoms in total. The Morgan fingerprint density at radius 2 is 1.67 bits per heavy atom. The molecule has 0 unspecified atom stereocenters. The Morgan fingerprint density at radius 3 is 2.37 bits per heavy atom. The first-order chi connectivity index (χ1) is 14.7. The minimum Gasteiger partial charge on any atom is -0.376 e. The topological polar surface area (TPSA) is 45.0 Å². The van der Waals surface area contributed by atoms with Crippen LogP contribution in [0.3, 0.4) is 0 Å². The van der Waals surface area contributed by atoms with Crippen LogP contribution in [0.5, 0.6) is 0 Å². The van der Waals surface area contributed by atoms with E-state index in [4.69, 9.17) is 21.6 Å². The van der Waals surface area contributed by atoms with Crippen LogP contribution < -0.4 is 5.32 Å². The van der Waals surface area contributed by atoms with Crippen LogP contribution in [-0.2, 0) is 16.8 Å². The average Bonchev–Trinajstić information content (AvgIpc) is 2.80. The summed E-state index contributed by atoms with van der Waals surface area (Å²) in [6, 6.07) is 26.5. The Hall–Kier alpha value is -2.64. The van der Waals surface area contributed by atoms with Gasteiger partial charge in [0.1, 0.15) is 0 Å². The van der Waals surface area contributed by atoms with Crippen molar-refractivity contribution < 1.29 is 4.74 Å². The fraction of sp³-hybridized carbons (Fsp3) is 0.269. The number of rotatable bonds is 6. The lowest BCUT2D eigenvalue weighted by molar-refractivity contribution is 0.0565. The van der Waals surface area contributed by atoms with Crippen LogP contribution in [0.1, 0.15) is 29.5 Å². The molecule has 1 fully saturated rings. The first-order valence-electron chi connectivity index (χ1n) is 10.3. The van der Waals surface area contributed by atoms with Gasteiger partial charge in [-0.15, -0.1) is 0 Å². The van der Waals surface area contributed by atoms with E-state index in [1.807, 2.05) is 36.4 Å². The number of nitrogens with one attached hydrogen (secondary N) is 1. The van der Waals surface area contributed by atoms with Crippen molar-refractivity contribution in [3.63, 3.8) is 0 Å². The third-order valence-electron chi connectivity index (χ3n) is 5.90.